The third-order valence-corrected chi connectivity index (χ3v) is 6.88. The summed E-state index contributed by atoms with van der Waals surface area (Å²) in [6, 6.07) is 16.1. The molecule has 6 nitrogen and oxygen atoms in total. The van der Waals surface area contributed by atoms with Crippen LogP contribution in [-0.2, 0) is 26.2 Å². The fourth-order valence-corrected chi connectivity index (χ4v) is 4.86. The molecule has 2 aromatic carbocycles. The van der Waals surface area contributed by atoms with Gasteiger partial charge in [-0.25, -0.2) is 23.9 Å². The molecule has 2 heterocycles. The Morgan fingerprint density at radius 2 is 1.76 bits per heavy atom. The highest BCUT2D eigenvalue weighted by Gasteiger charge is 2.43. The zero-order valence-corrected chi connectivity index (χ0v) is 19.6. The van der Waals surface area contributed by atoms with E-state index in [0.717, 1.165) is 17.3 Å². The van der Waals surface area contributed by atoms with E-state index < -0.39 is 30.0 Å². The molecule has 5 rings (SSSR count). The number of rotatable bonds is 6. The monoisotopic (exact) mass is 527 g/mol. The Morgan fingerprint density at radius 1 is 1.03 bits per heavy atom. The first-order valence-electron chi connectivity index (χ1n) is 11.0. The van der Waals surface area contributed by atoms with Crippen molar-refractivity contribution in [2.45, 2.75) is 24.1 Å². The number of carbonyl (C=O) groups excluding carboxylic acids is 2. The largest absolute Gasteiger partial charge is 0.491 e. The van der Waals surface area contributed by atoms with Crippen LogP contribution < -0.4 is 5.73 Å². The van der Waals surface area contributed by atoms with Gasteiger partial charge in [-0.05, 0) is 41.8 Å². The summed E-state index contributed by atoms with van der Waals surface area (Å²) in [4.78, 5) is 32.4. The highest BCUT2D eigenvalue weighted by Crippen LogP contribution is 2.45. The molecule has 0 amide bonds. The van der Waals surface area contributed by atoms with Gasteiger partial charge >= 0.3 is 18.1 Å². The molecule has 0 bridgehead atoms. The first-order chi connectivity index (χ1) is 17.6. The molecule has 0 saturated carbocycles. The number of carbonyl (C=O) groups is 2. The number of thiazole rings is 1. The summed E-state index contributed by atoms with van der Waals surface area (Å²) in [7, 11) is 0. The number of nitrogens with zero attached hydrogens (tertiary/aromatic N) is 2. The van der Waals surface area contributed by atoms with Crippen molar-refractivity contribution in [3.8, 4) is 10.6 Å². The summed E-state index contributed by atoms with van der Waals surface area (Å²) in [6.07, 6.45) is -1.53. The average Bonchev–Trinajstić information content (AvgIpc) is 3.57. The lowest BCUT2D eigenvalue weighted by Crippen LogP contribution is -2.38. The van der Waals surface area contributed by atoms with E-state index in [1.165, 1.54) is 23.5 Å². The number of hydrogen-bond donors (Lipinski definition) is 1. The van der Waals surface area contributed by atoms with Crippen LogP contribution in [0.3, 0.4) is 0 Å². The van der Waals surface area contributed by atoms with E-state index >= 15 is 0 Å². The van der Waals surface area contributed by atoms with Gasteiger partial charge in [0.1, 0.15) is 27.2 Å². The maximum atomic E-state index is 15.0. The number of halogens is 4. The molecule has 1 atom stereocenters. The Bertz CT molecular complexity index is 1540. The second kappa shape index (κ2) is 9.16. The molecule has 11 heteroatoms. The lowest BCUT2D eigenvalue weighted by Gasteiger charge is -2.15. The number of ether oxygens (including phenoxy) is 1. The van der Waals surface area contributed by atoms with Crippen LogP contribution in [0, 0.1) is 5.82 Å². The van der Waals surface area contributed by atoms with Crippen molar-refractivity contribution < 1.29 is 31.9 Å². The number of nitrogens with two attached hydrogens (primary N) is 1. The van der Waals surface area contributed by atoms with E-state index in [1.807, 2.05) is 42.5 Å². The normalized spacial score (nSPS) is 14.9. The summed E-state index contributed by atoms with van der Waals surface area (Å²) in [5.41, 5.74) is 8.15. The zero-order chi connectivity index (χ0) is 26.4. The predicted octanol–water partition coefficient (Wildman–Crippen LogP) is 4.86. The van der Waals surface area contributed by atoms with Gasteiger partial charge in [0.25, 0.3) is 0 Å². The van der Waals surface area contributed by atoms with Crippen molar-refractivity contribution >= 4 is 33.6 Å². The number of benzene rings is 2. The van der Waals surface area contributed by atoms with Crippen LogP contribution in [0.2, 0.25) is 0 Å². The molecule has 0 aliphatic heterocycles. The summed E-state index contributed by atoms with van der Waals surface area (Å²) >= 11 is 1.22. The molecule has 4 aromatic rings. The number of fused-ring (bicyclic) bond motifs is 1. The molecule has 0 spiro atoms. The second-order valence-electron chi connectivity index (χ2n) is 8.44. The molecule has 37 heavy (non-hydrogen) atoms. The lowest BCUT2D eigenvalue weighted by molar-refractivity contribution is -0.202. The number of allylic oxidation sites excluding steroid dienone is 2. The van der Waals surface area contributed by atoms with Crippen LogP contribution in [0.25, 0.3) is 20.9 Å². The highest BCUT2D eigenvalue weighted by molar-refractivity contribution is 7.21. The van der Waals surface area contributed by atoms with Crippen molar-refractivity contribution in [3.05, 3.63) is 95.5 Å². The Kier molecular flexibility index (Phi) is 6.12. The Morgan fingerprint density at radius 3 is 2.41 bits per heavy atom. The third-order valence-electron chi connectivity index (χ3n) is 5.88. The number of esters is 2. The van der Waals surface area contributed by atoms with Crippen LogP contribution in [0.15, 0.2) is 72.8 Å². The minimum Gasteiger partial charge on any atom is -0.385 e. The quantitative estimate of drug-likeness (QED) is 0.167. The van der Waals surface area contributed by atoms with Gasteiger partial charge in [-0.3, -0.25) is 0 Å². The van der Waals surface area contributed by atoms with E-state index in [-0.39, 0.29) is 23.0 Å². The van der Waals surface area contributed by atoms with E-state index in [0.29, 0.717) is 15.4 Å². The van der Waals surface area contributed by atoms with Crippen molar-refractivity contribution in [1.82, 2.24) is 9.97 Å². The van der Waals surface area contributed by atoms with Crippen molar-refractivity contribution in [1.29, 1.82) is 0 Å². The maximum absolute atomic E-state index is 15.0. The Balaban J connectivity index is 1.34. The van der Waals surface area contributed by atoms with Gasteiger partial charge < -0.3 is 10.5 Å². The van der Waals surface area contributed by atoms with Crippen molar-refractivity contribution in [2.24, 2.45) is 5.73 Å². The second-order valence-corrected chi connectivity index (χ2v) is 9.42. The fourth-order valence-electron chi connectivity index (χ4n) is 3.89. The molecule has 2 aromatic heterocycles. The molecular weight excluding hydrogens is 510 g/mol. The van der Waals surface area contributed by atoms with E-state index in [2.05, 4.69) is 21.9 Å². The number of aromatic nitrogens is 2. The molecule has 0 unspecified atom stereocenters. The van der Waals surface area contributed by atoms with Gasteiger partial charge in [0, 0.05) is 5.56 Å². The SMILES string of the molecule is N[C@@H](Cc1ccc(-c2nc3ccc(C4(c5ccccc5)C=C4)nc3s2)c(F)c1)C(=O)OC(=O)C(F)(F)F. The summed E-state index contributed by atoms with van der Waals surface area (Å²) in [5, 5.41) is 0.390. The van der Waals surface area contributed by atoms with Gasteiger partial charge in [-0.1, -0.05) is 59.9 Å². The molecule has 188 valence electrons. The maximum Gasteiger partial charge on any atom is 0.491 e. The predicted molar refractivity (Wildman–Crippen MR) is 128 cm³/mol. The van der Waals surface area contributed by atoms with Gasteiger partial charge in [0.2, 0.25) is 0 Å². The topological polar surface area (TPSA) is 95.2 Å². The molecule has 0 fully saturated rings. The lowest BCUT2D eigenvalue weighted by atomic mass is 9.89. The van der Waals surface area contributed by atoms with Gasteiger partial charge in [-0.15, -0.1) is 0 Å². The van der Waals surface area contributed by atoms with Crippen LogP contribution in [0.1, 0.15) is 16.8 Å². The zero-order valence-electron chi connectivity index (χ0n) is 18.8. The van der Waals surface area contributed by atoms with Crippen LogP contribution >= 0.6 is 11.3 Å². The van der Waals surface area contributed by atoms with Crippen molar-refractivity contribution in [3.63, 3.8) is 0 Å². The first-order valence-corrected chi connectivity index (χ1v) is 11.8. The molecule has 1 aliphatic rings. The van der Waals surface area contributed by atoms with E-state index in [9.17, 15) is 27.2 Å². The van der Waals surface area contributed by atoms with Gasteiger partial charge in [-0.2, -0.15) is 13.2 Å². The van der Waals surface area contributed by atoms with Gasteiger partial charge in [0.15, 0.2) is 0 Å². The fraction of sp³-hybridized carbons (Fsp3) is 0.154. The molecule has 2 N–H and O–H groups in total. The highest BCUT2D eigenvalue weighted by atomic mass is 32.1. The molecule has 1 aliphatic carbocycles. The molecule has 0 radical (unpaired) electrons. The number of alkyl halides is 3. The third kappa shape index (κ3) is 4.87. The smallest absolute Gasteiger partial charge is 0.385 e. The van der Waals surface area contributed by atoms with Crippen LogP contribution in [-0.4, -0.2) is 34.1 Å². The summed E-state index contributed by atoms with van der Waals surface area (Å²) in [5.74, 6) is -4.87. The van der Waals surface area contributed by atoms with E-state index in [1.54, 1.807) is 0 Å². The van der Waals surface area contributed by atoms with E-state index in [4.69, 9.17) is 10.7 Å². The summed E-state index contributed by atoms with van der Waals surface area (Å²) < 4.78 is 55.5. The Labute approximate surface area is 211 Å². The minimum atomic E-state index is -5.33. The van der Waals surface area contributed by atoms with Crippen molar-refractivity contribution in [2.75, 3.05) is 0 Å². The first kappa shape index (κ1) is 24.7. The summed E-state index contributed by atoms with van der Waals surface area (Å²) in [6.45, 7) is 0. The Hall–Kier alpha value is -3.96. The minimum absolute atomic E-state index is 0.194. The number of pyridine rings is 1. The standard InChI is InChI=1S/C26H17F4N3O3S/c27-17-12-14(13-18(31)23(34)36-24(35)26(28,29)30)6-7-16(17)21-32-19-8-9-20(33-22(19)37-21)25(10-11-25)15-4-2-1-3-5-15/h1-12,18H,13,31H2/t18-/m0/s1. The molecule has 0 saturated heterocycles. The van der Waals surface area contributed by atoms with Crippen LogP contribution in [0.5, 0.6) is 0 Å². The van der Waals surface area contributed by atoms with Crippen LogP contribution in [0.4, 0.5) is 17.6 Å². The molecular formula is C26H17F4N3O3S. The van der Waals surface area contributed by atoms with Gasteiger partial charge in [0.05, 0.1) is 11.1 Å². The average molecular weight is 527 g/mol. The number of hydrogen-bond acceptors (Lipinski definition) is 7.